The number of nitrogens with zero attached hydrogens (tertiary/aromatic N) is 1. The summed E-state index contributed by atoms with van der Waals surface area (Å²) in [6, 6.07) is 3.64. The van der Waals surface area contributed by atoms with Gasteiger partial charge in [-0.2, -0.15) is 0 Å². The molecule has 0 bridgehead atoms. The summed E-state index contributed by atoms with van der Waals surface area (Å²) >= 11 is 0. The molecule has 0 unspecified atom stereocenters. The first kappa shape index (κ1) is 14.3. The lowest BCUT2D eigenvalue weighted by molar-refractivity contribution is -0.133. The lowest BCUT2D eigenvalue weighted by Gasteiger charge is -2.21. The standard InChI is InChI=1S/C13H20N2O3/c1-3-4-7-15(10-12-6-5-8-18-12)13(17)9-14-11(2)16/h5-6,8H,3-4,7,9-10H2,1-2H3,(H,14,16). The second kappa shape index (κ2) is 7.53. The number of rotatable bonds is 7. The third-order valence-electron chi connectivity index (χ3n) is 2.55. The highest BCUT2D eigenvalue weighted by molar-refractivity contribution is 5.83. The number of furan rings is 1. The zero-order chi connectivity index (χ0) is 13.4. The van der Waals surface area contributed by atoms with Crippen molar-refractivity contribution in [3.05, 3.63) is 24.2 Å². The summed E-state index contributed by atoms with van der Waals surface area (Å²) < 4.78 is 5.24. The van der Waals surface area contributed by atoms with Gasteiger partial charge in [-0.05, 0) is 18.6 Å². The van der Waals surface area contributed by atoms with Crippen LogP contribution >= 0.6 is 0 Å². The maximum atomic E-state index is 11.9. The molecule has 0 aliphatic carbocycles. The van der Waals surface area contributed by atoms with Crippen LogP contribution in [-0.2, 0) is 16.1 Å². The second-order valence-electron chi connectivity index (χ2n) is 4.16. The summed E-state index contributed by atoms with van der Waals surface area (Å²) in [6.07, 6.45) is 3.54. The van der Waals surface area contributed by atoms with Crippen molar-refractivity contribution in [1.82, 2.24) is 10.2 Å². The van der Waals surface area contributed by atoms with Crippen molar-refractivity contribution < 1.29 is 14.0 Å². The molecule has 1 rings (SSSR count). The lowest BCUT2D eigenvalue weighted by Crippen LogP contribution is -2.39. The van der Waals surface area contributed by atoms with Gasteiger partial charge in [-0.15, -0.1) is 0 Å². The number of amides is 2. The van der Waals surface area contributed by atoms with E-state index in [2.05, 4.69) is 12.2 Å². The van der Waals surface area contributed by atoms with Gasteiger partial charge < -0.3 is 14.6 Å². The SMILES string of the molecule is CCCCN(Cc1ccco1)C(=O)CNC(C)=O. The Morgan fingerprint density at radius 2 is 2.22 bits per heavy atom. The highest BCUT2D eigenvalue weighted by Gasteiger charge is 2.14. The van der Waals surface area contributed by atoms with Crippen molar-refractivity contribution in [2.45, 2.75) is 33.2 Å². The van der Waals surface area contributed by atoms with Crippen LogP contribution in [0.15, 0.2) is 22.8 Å². The number of carbonyl (C=O) groups is 2. The molecule has 0 saturated heterocycles. The Hall–Kier alpha value is -1.78. The minimum absolute atomic E-state index is 0.0414. The molecule has 2 amide bonds. The average molecular weight is 252 g/mol. The van der Waals surface area contributed by atoms with Gasteiger partial charge in [0.15, 0.2) is 0 Å². The zero-order valence-electron chi connectivity index (χ0n) is 10.9. The number of hydrogen-bond donors (Lipinski definition) is 1. The molecule has 0 spiro atoms. The molecule has 100 valence electrons. The Morgan fingerprint density at radius 1 is 1.44 bits per heavy atom. The van der Waals surface area contributed by atoms with Crippen LogP contribution in [-0.4, -0.2) is 29.8 Å². The minimum atomic E-state index is -0.197. The highest BCUT2D eigenvalue weighted by atomic mass is 16.3. The Balaban J connectivity index is 2.53. The summed E-state index contributed by atoms with van der Waals surface area (Å²) in [6.45, 7) is 4.64. The Bertz CT molecular complexity index is 374. The maximum absolute atomic E-state index is 11.9. The molecule has 18 heavy (non-hydrogen) atoms. The number of nitrogens with one attached hydrogen (secondary N) is 1. The van der Waals surface area contributed by atoms with Crippen LogP contribution < -0.4 is 5.32 Å². The molecule has 0 atom stereocenters. The molecule has 1 aromatic rings. The van der Waals surface area contributed by atoms with E-state index in [9.17, 15) is 9.59 Å². The van der Waals surface area contributed by atoms with Gasteiger partial charge in [0.2, 0.25) is 11.8 Å². The van der Waals surface area contributed by atoms with E-state index in [1.807, 2.05) is 6.07 Å². The molecule has 0 fully saturated rings. The van der Waals surface area contributed by atoms with Crippen LogP contribution in [0.3, 0.4) is 0 Å². The summed E-state index contributed by atoms with van der Waals surface area (Å²) in [5, 5.41) is 2.52. The van der Waals surface area contributed by atoms with Gasteiger partial charge in [-0.3, -0.25) is 9.59 Å². The van der Waals surface area contributed by atoms with Crippen LogP contribution in [0, 0.1) is 0 Å². The van der Waals surface area contributed by atoms with E-state index in [0.717, 1.165) is 18.6 Å². The predicted octanol–water partition coefficient (Wildman–Crippen LogP) is 1.54. The molecule has 1 heterocycles. The fourth-order valence-corrected chi connectivity index (χ4v) is 1.54. The molecule has 1 N–H and O–H groups in total. The zero-order valence-corrected chi connectivity index (χ0v) is 10.9. The molecular formula is C13H20N2O3. The third-order valence-corrected chi connectivity index (χ3v) is 2.55. The van der Waals surface area contributed by atoms with Gasteiger partial charge in [0.25, 0.3) is 0 Å². The Kier molecular flexibility index (Phi) is 5.97. The summed E-state index contributed by atoms with van der Waals surface area (Å²) in [5.41, 5.74) is 0. The van der Waals surface area contributed by atoms with E-state index in [4.69, 9.17) is 4.42 Å². The van der Waals surface area contributed by atoms with Crippen molar-refractivity contribution in [2.24, 2.45) is 0 Å². The van der Waals surface area contributed by atoms with Crippen molar-refractivity contribution in [3.8, 4) is 0 Å². The number of hydrogen-bond acceptors (Lipinski definition) is 3. The van der Waals surface area contributed by atoms with Gasteiger partial charge in [0, 0.05) is 13.5 Å². The Labute approximate surface area is 107 Å². The first-order chi connectivity index (χ1) is 8.63. The Morgan fingerprint density at radius 3 is 2.78 bits per heavy atom. The van der Waals surface area contributed by atoms with Crippen LogP contribution in [0.4, 0.5) is 0 Å². The fourth-order valence-electron chi connectivity index (χ4n) is 1.54. The molecule has 0 radical (unpaired) electrons. The van der Waals surface area contributed by atoms with Gasteiger partial charge in [-0.1, -0.05) is 13.3 Å². The summed E-state index contributed by atoms with van der Waals surface area (Å²) in [5.74, 6) is 0.467. The third kappa shape index (κ3) is 5.03. The molecule has 5 nitrogen and oxygen atoms in total. The van der Waals surface area contributed by atoms with Crippen molar-refractivity contribution in [1.29, 1.82) is 0 Å². The molecule has 0 saturated carbocycles. The molecule has 0 aliphatic heterocycles. The van der Waals surface area contributed by atoms with Gasteiger partial charge >= 0.3 is 0 Å². The van der Waals surface area contributed by atoms with Crippen LogP contribution in [0.5, 0.6) is 0 Å². The smallest absolute Gasteiger partial charge is 0.242 e. The monoisotopic (exact) mass is 252 g/mol. The summed E-state index contributed by atoms with van der Waals surface area (Å²) in [4.78, 5) is 24.5. The average Bonchev–Trinajstić information content (AvgIpc) is 2.84. The number of unbranched alkanes of at least 4 members (excludes halogenated alkanes) is 1. The van der Waals surface area contributed by atoms with E-state index in [-0.39, 0.29) is 18.4 Å². The lowest BCUT2D eigenvalue weighted by atomic mass is 10.3. The van der Waals surface area contributed by atoms with E-state index >= 15 is 0 Å². The largest absolute Gasteiger partial charge is 0.467 e. The highest BCUT2D eigenvalue weighted by Crippen LogP contribution is 2.07. The van der Waals surface area contributed by atoms with Gasteiger partial charge in [0.1, 0.15) is 5.76 Å². The van der Waals surface area contributed by atoms with E-state index < -0.39 is 0 Å². The predicted molar refractivity (Wildman–Crippen MR) is 67.7 cm³/mol. The van der Waals surface area contributed by atoms with Crippen LogP contribution in [0.1, 0.15) is 32.4 Å². The maximum Gasteiger partial charge on any atom is 0.242 e. The van der Waals surface area contributed by atoms with Crippen LogP contribution in [0.25, 0.3) is 0 Å². The number of carbonyl (C=O) groups excluding carboxylic acids is 2. The van der Waals surface area contributed by atoms with E-state index in [0.29, 0.717) is 13.1 Å². The first-order valence-electron chi connectivity index (χ1n) is 6.18. The molecular weight excluding hydrogens is 232 g/mol. The summed E-state index contributed by atoms with van der Waals surface area (Å²) in [7, 11) is 0. The van der Waals surface area contributed by atoms with Crippen molar-refractivity contribution in [3.63, 3.8) is 0 Å². The van der Waals surface area contributed by atoms with Gasteiger partial charge in [0.05, 0.1) is 19.4 Å². The first-order valence-corrected chi connectivity index (χ1v) is 6.18. The van der Waals surface area contributed by atoms with Crippen molar-refractivity contribution in [2.75, 3.05) is 13.1 Å². The molecule has 5 heteroatoms. The molecule has 0 aliphatic rings. The molecule has 1 aromatic heterocycles. The quantitative estimate of drug-likeness (QED) is 0.800. The van der Waals surface area contributed by atoms with E-state index in [1.54, 1.807) is 17.2 Å². The molecule has 0 aromatic carbocycles. The van der Waals surface area contributed by atoms with Gasteiger partial charge in [-0.25, -0.2) is 0 Å². The van der Waals surface area contributed by atoms with Crippen LogP contribution in [0.2, 0.25) is 0 Å². The van der Waals surface area contributed by atoms with E-state index in [1.165, 1.54) is 6.92 Å². The second-order valence-corrected chi connectivity index (χ2v) is 4.16. The van der Waals surface area contributed by atoms with Crippen molar-refractivity contribution >= 4 is 11.8 Å². The fraction of sp³-hybridized carbons (Fsp3) is 0.538. The normalized spacial score (nSPS) is 10.1. The minimum Gasteiger partial charge on any atom is -0.467 e. The topological polar surface area (TPSA) is 62.6 Å².